The Balaban J connectivity index is 2.00. The third kappa shape index (κ3) is 8.21. The largest absolute Gasteiger partial charge is 0.508 e. The molecule has 3 N–H and O–H groups in total. The maximum absolute atomic E-state index is 14.2. The molecule has 3 aromatic carbocycles. The van der Waals surface area contributed by atoms with Gasteiger partial charge < -0.3 is 25.4 Å². The van der Waals surface area contributed by atoms with Crippen molar-refractivity contribution in [2.45, 2.75) is 78.6 Å². The van der Waals surface area contributed by atoms with E-state index in [0.717, 1.165) is 10.8 Å². The molecule has 3 amide bonds. The number of anilines is 1. The number of amides is 3. The van der Waals surface area contributed by atoms with E-state index in [4.69, 9.17) is 4.74 Å². The highest BCUT2D eigenvalue weighted by atomic mass is 16.6. The Morgan fingerprint density at radius 3 is 2.10 bits per heavy atom. The van der Waals surface area contributed by atoms with E-state index < -0.39 is 41.6 Å². The van der Waals surface area contributed by atoms with Crippen LogP contribution in [0.3, 0.4) is 0 Å². The number of carbonyl (C=O) groups is 3. The molecule has 8 heteroatoms. The summed E-state index contributed by atoms with van der Waals surface area (Å²) in [5.74, 6) is -0.689. The van der Waals surface area contributed by atoms with Crippen LogP contribution in [0, 0.1) is 5.92 Å². The quantitative estimate of drug-likeness (QED) is 0.287. The minimum atomic E-state index is -1.03. The molecule has 0 spiro atoms. The normalized spacial score (nSPS) is 13.1. The minimum absolute atomic E-state index is 0.0455. The van der Waals surface area contributed by atoms with E-state index in [1.165, 1.54) is 17.0 Å². The van der Waals surface area contributed by atoms with Crippen LogP contribution in [0.2, 0.25) is 0 Å². The van der Waals surface area contributed by atoms with E-state index in [2.05, 4.69) is 10.6 Å². The smallest absolute Gasteiger partial charge is 0.408 e. The number of phenols is 1. The van der Waals surface area contributed by atoms with Crippen LogP contribution < -0.4 is 10.6 Å². The first-order chi connectivity index (χ1) is 18.7. The van der Waals surface area contributed by atoms with E-state index in [1.807, 2.05) is 70.2 Å². The second kappa shape index (κ2) is 12.9. The van der Waals surface area contributed by atoms with Gasteiger partial charge in [-0.3, -0.25) is 9.59 Å². The number of aromatic hydroxyl groups is 1. The van der Waals surface area contributed by atoms with Crippen LogP contribution in [0.5, 0.6) is 5.75 Å². The molecule has 8 nitrogen and oxygen atoms in total. The second-order valence-corrected chi connectivity index (χ2v) is 11.7. The molecule has 0 saturated heterocycles. The van der Waals surface area contributed by atoms with Gasteiger partial charge in [0.1, 0.15) is 23.4 Å². The van der Waals surface area contributed by atoms with Crippen LogP contribution >= 0.6 is 0 Å². The zero-order valence-electron chi connectivity index (χ0n) is 24.4. The fourth-order valence-electron chi connectivity index (χ4n) is 4.58. The highest BCUT2D eigenvalue weighted by Crippen LogP contribution is 2.29. The second-order valence-electron chi connectivity index (χ2n) is 11.7. The number of benzene rings is 3. The summed E-state index contributed by atoms with van der Waals surface area (Å²) in [6.45, 7) is 12.8. The van der Waals surface area contributed by atoms with Gasteiger partial charge in [0.2, 0.25) is 5.91 Å². The van der Waals surface area contributed by atoms with Crippen molar-refractivity contribution in [1.82, 2.24) is 10.2 Å². The summed E-state index contributed by atoms with van der Waals surface area (Å²) in [4.78, 5) is 42.3. The van der Waals surface area contributed by atoms with Gasteiger partial charge in [-0.1, -0.05) is 56.3 Å². The van der Waals surface area contributed by atoms with Crippen molar-refractivity contribution in [3.05, 3.63) is 72.3 Å². The van der Waals surface area contributed by atoms with Crippen LogP contribution in [-0.2, 0) is 14.3 Å². The summed E-state index contributed by atoms with van der Waals surface area (Å²) in [6.07, 6.45) is -0.340. The number of phenolic OH excluding ortho intramolecular Hbond substituents is 1. The highest BCUT2D eigenvalue weighted by molar-refractivity contribution is 6.00. The van der Waals surface area contributed by atoms with Crippen molar-refractivity contribution in [3.8, 4) is 5.75 Å². The van der Waals surface area contributed by atoms with Crippen LogP contribution in [-0.4, -0.2) is 45.6 Å². The molecule has 0 radical (unpaired) electrons. The molecule has 3 rings (SSSR count). The third-order valence-electron chi connectivity index (χ3n) is 6.26. The lowest BCUT2D eigenvalue weighted by atomic mass is 9.97. The lowest BCUT2D eigenvalue weighted by molar-refractivity contribution is -0.143. The van der Waals surface area contributed by atoms with Gasteiger partial charge in [0.25, 0.3) is 5.91 Å². The Morgan fingerprint density at radius 2 is 1.52 bits per heavy atom. The van der Waals surface area contributed by atoms with Crippen LogP contribution in [0.1, 0.15) is 66.5 Å². The van der Waals surface area contributed by atoms with E-state index in [0.29, 0.717) is 17.7 Å². The first-order valence-electron chi connectivity index (χ1n) is 13.7. The Bertz CT molecular complexity index is 1330. The predicted molar refractivity (Wildman–Crippen MR) is 158 cm³/mol. The summed E-state index contributed by atoms with van der Waals surface area (Å²) < 4.78 is 5.43. The molecule has 0 heterocycles. The number of rotatable bonds is 9. The lowest BCUT2D eigenvalue weighted by Crippen LogP contribution is -2.54. The maximum atomic E-state index is 14.2. The van der Waals surface area contributed by atoms with E-state index in [1.54, 1.807) is 32.9 Å². The van der Waals surface area contributed by atoms with Gasteiger partial charge in [-0.25, -0.2) is 4.79 Å². The number of carbonyl (C=O) groups excluding carboxylic acids is 3. The number of nitrogens with one attached hydrogen (secondary N) is 2. The molecule has 0 aliphatic carbocycles. The van der Waals surface area contributed by atoms with Crippen molar-refractivity contribution >= 4 is 34.4 Å². The minimum Gasteiger partial charge on any atom is -0.508 e. The molecule has 0 bridgehead atoms. The molecular weight excluding hydrogens is 506 g/mol. The summed E-state index contributed by atoms with van der Waals surface area (Å²) in [6, 6.07) is 17.3. The van der Waals surface area contributed by atoms with E-state index in [-0.39, 0.29) is 11.7 Å². The molecule has 0 aromatic heterocycles. The van der Waals surface area contributed by atoms with Crippen molar-refractivity contribution in [2.75, 3.05) is 5.32 Å². The standard InChI is InChI=1S/C32H41N3O5/c1-20(2)18-27(34-31(39)40-32(5,6)7)30(38)35(21(3)4)28(23-13-16-26(36)17-14-23)29(37)33-25-15-12-22-10-8-9-11-24(22)19-25/h8-17,19-21,27-28,36H,18H2,1-7H3,(H,33,37)(H,34,39). The van der Waals surface area contributed by atoms with Crippen LogP contribution in [0.4, 0.5) is 10.5 Å². The molecule has 214 valence electrons. The average Bonchev–Trinajstić information content (AvgIpc) is 2.85. The Morgan fingerprint density at radius 1 is 0.900 bits per heavy atom. The van der Waals surface area contributed by atoms with Crippen molar-refractivity contribution in [3.63, 3.8) is 0 Å². The Kier molecular flexibility index (Phi) is 9.79. The first kappa shape index (κ1) is 30.5. The van der Waals surface area contributed by atoms with Gasteiger partial charge in [0.15, 0.2) is 0 Å². The number of hydrogen-bond acceptors (Lipinski definition) is 5. The highest BCUT2D eigenvalue weighted by Gasteiger charge is 2.38. The molecule has 40 heavy (non-hydrogen) atoms. The summed E-state index contributed by atoms with van der Waals surface area (Å²) in [7, 11) is 0. The summed E-state index contributed by atoms with van der Waals surface area (Å²) in [5.41, 5.74) is 0.384. The predicted octanol–water partition coefficient (Wildman–Crippen LogP) is 6.40. The fourth-order valence-corrected chi connectivity index (χ4v) is 4.58. The zero-order chi connectivity index (χ0) is 29.6. The van der Waals surface area contributed by atoms with E-state index >= 15 is 0 Å². The lowest BCUT2D eigenvalue weighted by Gasteiger charge is -2.37. The summed E-state index contributed by atoms with van der Waals surface area (Å²) in [5, 5.41) is 17.6. The number of alkyl carbamates (subject to hydrolysis) is 1. The van der Waals surface area contributed by atoms with Crippen LogP contribution in [0.15, 0.2) is 66.7 Å². The molecular formula is C32H41N3O5. The number of fused-ring (bicyclic) bond motifs is 1. The number of nitrogens with zero attached hydrogens (tertiary/aromatic N) is 1. The SMILES string of the molecule is CC(C)CC(NC(=O)OC(C)(C)C)C(=O)N(C(C)C)C(C(=O)Nc1ccc2ccccc2c1)c1ccc(O)cc1. The van der Waals surface area contributed by atoms with Crippen molar-refractivity contribution < 1.29 is 24.2 Å². The molecule has 0 aliphatic rings. The maximum Gasteiger partial charge on any atom is 0.408 e. The zero-order valence-corrected chi connectivity index (χ0v) is 24.4. The summed E-state index contributed by atoms with van der Waals surface area (Å²) >= 11 is 0. The topological polar surface area (TPSA) is 108 Å². The molecule has 2 unspecified atom stereocenters. The Labute approximate surface area is 236 Å². The van der Waals surface area contributed by atoms with Gasteiger partial charge in [0.05, 0.1) is 0 Å². The van der Waals surface area contributed by atoms with Gasteiger partial charge in [-0.2, -0.15) is 0 Å². The first-order valence-corrected chi connectivity index (χ1v) is 13.7. The number of ether oxygens (including phenoxy) is 1. The fraction of sp³-hybridized carbons (Fsp3) is 0.406. The molecule has 2 atom stereocenters. The molecule has 0 aliphatic heterocycles. The van der Waals surface area contributed by atoms with E-state index in [9.17, 15) is 19.5 Å². The van der Waals surface area contributed by atoms with Gasteiger partial charge >= 0.3 is 6.09 Å². The van der Waals surface area contributed by atoms with Gasteiger partial charge in [0, 0.05) is 11.7 Å². The van der Waals surface area contributed by atoms with Crippen molar-refractivity contribution in [2.24, 2.45) is 5.92 Å². The molecule has 0 fully saturated rings. The van der Waals surface area contributed by atoms with Crippen molar-refractivity contribution in [1.29, 1.82) is 0 Å². The average molecular weight is 548 g/mol. The van der Waals surface area contributed by atoms with Gasteiger partial charge in [-0.05, 0) is 87.6 Å². The molecule has 0 saturated carbocycles. The van der Waals surface area contributed by atoms with Crippen LogP contribution in [0.25, 0.3) is 10.8 Å². The monoisotopic (exact) mass is 547 g/mol. The molecule has 3 aromatic rings. The van der Waals surface area contributed by atoms with Gasteiger partial charge in [-0.15, -0.1) is 0 Å². The third-order valence-corrected chi connectivity index (χ3v) is 6.26. The Hall–Kier alpha value is -4.07. The number of hydrogen-bond donors (Lipinski definition) is 3.